The van der Waals surface area contributed by atoms with E-state index in [-0.39, 0.29) is 18.7 Å². The van der Waals surface area contributed by atoms with E-state index in [1.165, 1.54) is 0 Å². The van der Waals surface area contributed by atoms with Crippen LogP contribution >= 0.6 is 0 Å². The molecular weight excluding hydrogens is 208 g/mol. The molecule has 15 heavy (non-hydrogen) atoms. The molecule has 7 heteroatoms. The van der Waals surface area contributed by atoms with E-state index in [1.54, 1.807) is 0 Å². The van der Waals surface area contributed by atoms with Gasteiger partial charge in [0.25, 0.3) is 12.9 Å². The number of rotatable bonds is 8. The molecule has 0 amide bonds. The average Bonchev–Trinajstić information content (AvgIpc) is 2.20. The molecule has 0 aliphatic rings. The van der Waals surface area contributed by atoms with Crippen LogP contribution < -0.4 is 0 Å². The molecule has 4 N–H and O–H groups in total. The predicted molar refractivity (Wildman–Crippen MR) is 51.1 cm³/mol. The zero-order valence-corrected chi connectivity index (χ0v) is 8.42. The highest BCUT2D eigenvalue weighted by Gasteiger charge is 1.84. The molecule has 0 aromatic carbocycles. The van der Waals surface area contributed by atoms with Gasteiger partial charge in [0.05, 0.1) is 13.2 Å². The van der Waals surface area contributed by atoms with Gasteiger partial charge in [0, 0.05) is 19.6 Å². The second-order valence-corrected chi connectivity index (χ2v) is 2.09. The molecule has 0 heterocycles. The van der Waals surface area contributed by atoms with Crippen molar-refractivity contribution in [3.05, 3.63) is 0 Å². The first-order valence-electron chi connectivity index (χ1n) is 4.15. The van der Waals surface area contributed by atoms with Crippen molar-refractivity contribution in [3.8, 4) is 0 Å². The molecule has 0 aliphatic carbocycles. The van der Waals surface area contributed by atoms with E-state index in [0.29, 0.717) is 39.0 Å². The summed E-state index contributed by atoms with van der Waals surface area (Å²) in [7, 11) is 0. The molecule has 0 aromatic rings. The summed E-state index contributed by atoms with van der Waals surface area (Å²) in [5.41, 5.74) is 0. The lowest BCUT2D eigenvalue weighted by Gasteiger charge is -1.95. The number of carbonyl (C=O) groups excluding carboxylic acids is 2. The van der Waals surface area contributed by atoms with E-state index in [4.69, 9.17) is 10.2 Å². The average molecular weight is 226 g/mol. The molecule has 0 spiro atoms. The lowest BCUT2D eigenvalue weighted by molar-refractivity contribution is -0.130. The molecular formula is C8H18O7. The lowest BCUT2D eigenvalue weighted by atomic mass is 10.5. The minimum atomic E-state index is 0. The Hall–Kier alpha value is -1.18. The fourth-order valence-electron chi connectivity index (χ4n) is 0.393. The van der Waals surface area contributed by atoms with E-state index in [2.05, 4.69) is 9.47 Å². The Labute approximate surface area is 87.9 Å². The topological polar surface area (TPSA) is 125 Å². The second-order valence-electron chi connectivity index (χ2n) is 2.09. The van der Waals surface area contributed by atoms with Crippen molar-refractivity contribution in [1.82, 2.24) is 0 Å². The van der Waals surface area contributed by atoms with Crippen molar-refractivity contribution in [2.24, 2.45) is 0 Å². The zero-order valence-electron chi connectivity index (χ0n) is 8.42. The minimum absolute atomic E-state index is 0. The Bertz CT molecular complexity index is 106. The third kappa shape index (κ3) is 32.3. The Morgan fingerprint density at radius 1 is 0.867 bits per heavy atom. The number of hydrogen-bond donors (Lipinski definition) is 2. The molecule has 0 fully saturated rings. The van der Waals surface area contributed by atoms with Crippen molar-refractivity contribution in [2.45, 2.75) is 12.8 Å². The fraction of sp³-hybridized carbons (Fsp3) is 0.750. The Kier molecular flexibility index (Phi) is 29.8. The van der Waals surface area contributed by atoms with Crippen LogP contribution in [0.15, 0.2) is 0 Å². The molecule has 92 valence electrons. The zero-order chi connectivity index (χ0) is 11.1. The van der Waals surface area contributed by atoms with Gasteiger partial charge in [0.2, 0.25) is 0 Å². The van der Waals surface area contributed by atoms with Crippen molar-refractivity contribution in [1.29, 1.82) is 0 Å². The van der Waals surface area contributed by atoms with Crippen LogP contribution in [0.4, 0.5) is 0 Å². The van der Waals surface area contributed by atoms with Crippen LogP contribution in [0.1, 0.15) is 12.8 Å². The van der Waals surface area contributed by atoms with Gasteiger partial charge in [-0.1, -0.05) is 0 Å². The first-order chi connectivity index (χ1) is 6.83. The predicted octanol–water partition coefficient (Wildman–Crippen LogP) is -1.74. The lowest BCUT2D eigenvalue weighted by Crippen LogP contribution is -1.98. The maximum Gasteiger partial charge on any atom is 0.293 e. The van der Waals surface area contributed by atoms with E-state index in [9.17, 15) is 9.59 Å². The quantitative estimate of drug-likeness (QED) is 0.374. The smallest absolute Gasteiger partial charge is 0.293 e. The first-order valence-corrected chi connectivity index (χ1v) is 4.15. The Morgan fingerprint density at radius 3 is 1.47 bits per heavy atom. The molecule has 7 nitrogen and oxygen atoms in total. The van der Waals surface area contributed by atoms with Gasteiger partial charge in [-0.25, -0.2) is 0 Å². The van der Waals surface area contributed by atoms with Crippen LogP contribution in [-0.4, -0.2) is 55.1 Å². The SMILES string of the molecule is O.O=COCCCOC=O.OCCCO. The summed E-state index contributed by atoms with van der Waals surface area (Å²) in [5, 5.41) is 15.8. The van der Waals surface area contributed by atoms with Crippen molar-refractivity contribution >= 4 is 12.9 Å². The highest BCUT2D eigenvalue weighted by molar-refractivity contribution is 5.37. The molecule has 0 rings (SSSR count). The van der Waals surface area contributed by atoms with E-state index < -0.39 is 0 Å². The third-order valence-corrected chi connectivity index (χ3v) is 0.977. The molecule has 0 radical (unpaired) electrons. The highest BCUT2D eigenvalue weighted by Crippen LogP contribution is 1.79. The molecule has 0 atom stereocenters. The monoisotopic (exact) mass is 226 g/mol. The molecule has 0 bridgehead atoms. The van der Waals surface area contributed by atoms with E-state index in [0.717, 1.165) is 0 Å². The summed E-state index contributed by atoms with van der Waals surface area (Å²) in [6, 6.07) is 0. The van der Waals surface area contributed by atoms with Crippen molar-refractivity contribution in [3.63, 3.8) is 0 Å². The van der Waals surface area contributed by atoms with Crippen LogP contribution in [0.2, 0.25) is 0 Å². The van der Waals surface area contributed by atoms with Crippen LogP contribution in [0.25, 0.3) is 0 Å². The second kappa shape index (κ2) is 23.0. The summed E-state index contributed by atoms with van der Waals surface area (Å²) < 4.78 is 8.61. The number of aliphatic hydroxyl groups excluding tert-OH is 2. The van der Waals surface area contributed by atoms with Crippen LogP contribution in [-0.2, 0) is 19.1 Å². The van der Waals surface area contributed by atoms with Gasteiger partial charge in [-0.05, 0) is 6.42 Å². The summed E-state index contributed by atoms with van der Waals surface area (Å²) in [6.45, 7) is 1.52. The van der Waals surface area contributed by atoms with Gasteiger partial charge in [-0.15, -0.1) is 0 Å². The molecule has 0 saturated carbocycles. The maximum atomic E-state index is 9.50. The molecule has 0 saturated heterocycles. The maximum absolute atomic E-state index is 9.50. The minimum Gasteiger partial charge on any atom is -0.468 e. The van der Waals surface area contributed by atoms with Gasteiger partial charge >= 0.3 is 0 Å². The number of carbonyl (C=O) groups is 2. The Morgan fingerprint density at radius 2 is 1.27 bits per heavy atom. The van der Waals surface area contributed by atoms with Crippen LogP contribution in [0.3, 0.4) is 0 Å². The fourth-order valence-corrected chi connectivity index (χ4v) is 0.393. The highest BCUT2D eigenvalue weighted by atomic mass is 16.5. The molecule has 0 aromatic heterocycles. The number of ether oxygens (including phenoxy) is 2. The number of hydrogen-bond acceptors (Lipinski definition) is 6. The van der Waals surface area contributed by atoms with Gasteiger partial charge < -0.3 is 25.2 Å². The third-order valence-electron chi connectivity index (χ3n) is 0.977. The van der Waals surface area contributed by atoms with E-state index >= 15 is 0 Å². The normalized spacial score (nSPS) is 7.60. The van der Waals surface area contributed by atoms with Gasteiger partial charge in [-0.3, -0.25) is 9.59 Å². The van der Waals surface area contributed by atoms with E-state index in [1.807, 2.05) is 0 Å². The summed E-state index contributed by atoms with van der Waals surface area (Å²) in [4.78, 5) is 19.0. The Balaban J connectivity index is -0.000000208. The molecule has 0 unspecified atom stereocenters. The van der Waals surface area contributed by atoms with Crippen molar-refractivity contribution in [2.75, 3.05) is 26.4 Å². The van der Waals surface area contributed by atoms with Crippen molar-refractivity contribution < 1.29 is 34.8 Å². The molecule has 0 aliphatic heterocycles. The van der Waals surface area contributed by atoms with Crippen LogP contribution in [0.5, 0.6) is 0 Å². The summed E-state index contributed by atoms with van der Waals surface area (Å²) >= 11 is 0. The van der Waals surface area contributed by atoms with Gasteiger partial charge in [-0.2, -0.15) is 0 Å². The first kappa shape index (κ1) is 19.4. The standard InChI is InChI=1S/C5H8O4.C3H8O2.H2O/c6-4-8-2-1-3-9-5-7;4-2-1-3-5;/h4-5H,1-3H2;4-5H,1-3H2;1H2. The van der Waals surface area contributed by atoms with Crippen LogP contribution in [0, 0.1) is 0 Å². The van der Waals surface area contributed by atoms with Gasteiger partial charge in [0.15, 0.2) is 0 Å². The largest absolute Gasteiger partial charge is 0.468 e. The number of aliphatic hydroxyl groups is 2. The summed E-state index contributed by atoms with van der Waals surface area (Å²) in [5.74, 6) is 0. The summed E-state index contributed by atoms with van der Waals surface area (Å²) in [6.07, 6.45) is 1.05. The van der Waals surface area contributed by atoms with Gasteiger partial charge in [0.1, 0.15) is 0 Å².